The molecule has 3 aromatic carbocycles. The minimum atomic E-state index is 0.0996. The highest BCUT2D eigenvalue weighted by Gasteiger charge is 2.31. The Labute approximate surface area is 225 Å². The lowest BCUT2D eigenvalue weighted by Crippen LogP contribution is -2.19. The van der Waals surface area contributed by atoms with Gasteiger partial charge in [-0.1, -0.05) is 41.5 Å². The molecule has 200 valence electrons. The Balaban J connectivity index is 2.67. The molecule has 6 N–H and O–H groups in total. The molecule has 0 bridgehead atoms. The van der Waals surface area contributed by atoms with Gasteiger partial charge in [-0.15, -0.1) is 0 Å². The molecular formula is C34H49N3. The van der Waals surface area contributed by atoms with E-state index in [1.165, 1.54) is 66.8 Å². The summed E-state index contributed by atoms with van der Waals surface area (Å²) in [6, 6.07) is 6.73. The molecule has 0 saturated heterocycles. The molecule has 3 rings (SSSR count). The van der Waals surface area contributed by atoms with Crippen LogP contribution in [0.2, 0.25) is 0 Å². The van der Waals surface area contributed by atoms with Crippen molar-refractivity contribution in [3.63, 3.8) is 0 Å². The number of benzene rings is 3. The van der Waals surface area contributed by atoms with Crippen LogP contribution in [0, 0.1) is 20.8 Å². The molecule has 3 heteroatoms. The van der Waals surface area contributed by atoms with Gasteiger partial charge in [-0.3, -0.25) is 0 Å². The molecule has 0 aromatic heterocycles. The van der Waals surface area contributed by atoms with Gasteiger partial charge in [0.2, 0.25) is 0 Å². The number of aryl methyl sites for hydroxylation is 3. The predicted molar refractivity (Wildman–Crippen MR) is 164 cm³/mol. The summed E-state index contributed by atoms with van der Waals surface area (Å²) in [6.07, 6.45) is 5.58. The Kier molecular flexibility index (Phi) is 9.00. The van der Waals surface area contributed by atoms with Crippen molar-refractivity contribution in [2.45, 2.75) is 107 Å². The van der Waals surface area contributed by atoms with Crippen molar-refractivity contribution >= 4 is 17.1 Å². The highest BCUT2D eigenvalue weighted by molar-refractivity contribution is 5.69. The number of hydrogen-bond donors (Lipinski definition) is 3. The van der Waals surface area contributed by atoms with Crippen molar-refractivity contribution in [2.24, 2.45) is 0 Å². The van der Waals surface area contributed by atoms with Crippen molar-refractivity contribution in [3.8, 4) is 0 Å². The van der Waals surface area contributed by atoms with Gasteiger partial charge in [-0.2, -0.15) is 0 Å². The van der Waals surface area contributed by atoms with Crippen molar-refractivity contribution in [1.29, 1.82) is 0 Å². The molecule has 0 saturated carbocycles. The summed E-state index contributed by atoms with van der Waals surface area (Å²) in [5, 5.41) is 0. The molecule has 0 amide bonds. The lowest BCUT2D eigenvalue weighted by atomic mass is 9.71. The fourth-order valence-corrected chi connectivity index (χ4v) is 6.84. The number of nitrogen functional groups attached to an aromatic ring is 3. The minimum Gasteiger partial charge on any atom is -0.398 e. The van der Waals surface area contributed by atoms with Crippen LogP contribution >= 0.6 is 0 Å². The maximum atomic E-state index is 6.62. The topological polar surface area (TPSA) is 78.1 Å². The second-order valence-electron chi connectivity index (χ2n) is 10.5. The van der Waals surface area contributed by atoms with Gasteiger partial charge in [0.25, 0.3) is 0 Å². The van der Waals surface area contributed by atoms with Crippen LogP contribution in [0.3, 0.4) is 0 Å². The molecule has 0 aliphatic heterocycles. The van der Waals surface area contributed by atoms with E-state index in [9.17, 15) is 0 Å². The van der Waals surface area contributed by atoms with Crippen molar-refractivity contribution in [2.75, 3.05) is 17.2 Å². The quantitative estimate of drug-likeness (QED) is 0.207. The Bertz CT molecular complexity index is 1140. The van der Waals surface area contributed by atoms with Gasteiger partial charge in [0.15, 0.2) is 0 Å². The fraction of sp³-hybridized carbons (Fsp3) is 0.471. The van der Waals surface area contributed by atoms with Gasteiger partial charge in [0, 0.05) is 23.0 Å². The van der Waals surface area contributed by atoms with Gasteiger partial charge in [-0.05, 0) is 144 Å². The fourth-order valence-electron chi connectivity index (χ4n) is 6.84. The van der Waals surface area contributed by atoms with E-state index in [4.69, 9.17) is 17.2 Å². The molecular weight excluding hydrogens is 450 g/mol. The summed E-state index contributed by atoms with van der Waals surface area (Å²) in [4.78, 5) is 0. The lowest BCUT2D eigenvalue weighted by molar-refractivity contribution is 0.849. The maximum Gasteiger partial charge on any atom is 0.0356 e. The van der Waals surface area contributed by atoms with Crippen LogP contribution in [-0.2, 0) is 38.5 Å². The Morgan fingerprint density at radius 2 is 0.703 bits per heavy atom. The maximum absolute atomic E-state index is 6.62. The van der Waals surface area contributed by atoms with Gasteiger partial charge < -0.3 is 17.2 Å². The zero-order valence-corrected chi connectivity index (χ0v) is 24.8. The van der Waals surface area contributed by atoms with Gasteiger partial charge in [-0.25, -0.2) is 0 Å². The first kappa shape index (κ1) is 28.6. The Morgan fingerprint density at radius 3 is 0.892 bits per heavy atom. The summed E-state index contributed by atoms with van der Waals surface area (Å²) < 4.78 is 0. The van der Waals surface area contributed by atoms with Crippen LogP contribution in [0.1, 0.15) is 114 Å². The normalized spacial score (nSPS) is 11.5. The molecule has 0 heterocycles. The van der Waals surface area contributed by atoms with E-state index >= 15 is 0 Å². The minimum absolute atomic E-state index is 0.0996. The average molecular weight is 500 g/mol. The molecule has 37 heavy (non-hydrogen) atoms. The third kappa shape index (κ3) is 4.85. The second-order valence-corrected chi connectivity index (χ2v) is 10.5. The van der Waals surface area contributed by atoms with E-state index in [2.05, 4.69) is 80.5 Å². The zero-order chi connectivity index (χ0) is 27.6. The third-order valence-corrected chi connectivity index (χ3v) is 8.71. The SMILES string of the molecule is CCc1cc(N)c(CC)c(C)c1C(c1c(CC)cc(N)c(CC)c1C)c1c(CC)cc(N)c(CC)c1C. The number of hydrogen-bond acceptors (Lipinski definition) is 3. The van der Waals surface area contributed by atoms with Crippen molar-refractivity contribution < 1.29 is 0 Å². The summed E-state index contributed by atoms with van der Waals surface area (Å²) in [6.45, 7) is 20.3. The van der Waals surface area contributed by atoms with Crippen LogP contribution < -0.4 is 17.2 Å². The summed E-state index contributed by atoms with van der Waals surface area (Å²) in [7, 11) is 0. The van der Waals surface area contributed by atoms with E-state index < -0.39 is 0 Å². The Morgan fingerprint density at radius 1 is 0.459 bits per heavy atom. The molecule has 0 fully saturated rings. The summed E-state index contributed by atoms with van der Waals surface area (Å²) in [5.74, 6) is 0.0996. The largest absolute Gasteiger partial charge is 0.398 e. The van der Waals surface area contributed by atoms with Crippen LogP contribution in [0.5, 0.6) is 0 Å². The molecule has 3 aromatic rings. The monoisotopic (exact) mass is 499 g/mol. The summed E-state index contributed by atoms with van der Waals surface area (Å²) in [5.41, 5.74) is 38.7. The second kappa shape index (κ2) is 11.6. The molecule has 0 unspecified atom stereocenters. The molecule has 3 nitrogen and oxygen atoms in total. The predicted octanol–water partition coefficient (Wildman–Crippen LogP) is 7.91. The first-order valence-electron chi connectivity index (χ1n) is 14.3. The first-order valence-corrected chi connectivity index (χ1v) is 14.3. The molecule has 0 atom stereocenters. The van der Waals surface area contributed by atoms with Crippen LogP contribution in [-0.4, -0.2) is 0 Å². The number of rotatable bonds is 9. The zero-order valence-electron chi connectivity index (χ0n) is 24.8. The average Bonchev–Trinajstić information content (AvgIpc) is 2.86. The number of anilines is 3. The van der Waals surface area contributed by atoms with Crippen LogP contribution in [0.4, 0.5) is 17.1 Å². The smallest absolute Gasteiger partial charge is 0.0356 e. The lowest BCUT2D eigenvalue weighted by Gasteiger charge is -2.33. The Hall–Kier alpha value is -2.94. The third-order valence-electron chi connectivity index (χ3n) is 8.71. The van der Waals surface area contributed by atoms with Crippen LogP contribution in [0.25, 0.3) is 0 Å². The van der Waals surface area contributed by atoms with E-state index in [1.54, 1.807) is 0 Å². The van der Waals surface area contributed by atoms with E-state index in [1.807, 2.05) is 0 Å². The van der Waals surface area contributed by atoms with Gasteiger partial charge >= 0.3 is 0 Å². The highest BCUT2D eigenvalue weighted by Crippen LogP contribution is 2.46. The molecule has 0 aliphatic carbocycles. The molecule has 0 spiro atoms. The van der Waals surface area contributed by atoms with Gasteiger partial charge in [0.05, 0.1) is 0 Å². The van der Waals surface area contributed by atoms with E-state index in [0.29, 0.717) is 0 Å². The number of nitrogens with two attached hydrogens (primary N) is 3. The highest BCUT2D eigenvalue weighted by atomic mass is 14.6. The summed E-state index contributed by atoms with van der Waals surface area (Å²) >= 11 is 0. The van der Waals surface area contributed by atoms with E-state index in [0.717, 1.165) is 55.6 Å². The van der Waals surface area contributed by atoms with Gasteiger partial charge in [0.1, 0.15) is 0 Å². The molecule has 0 radical (unpaired) electrons. The first-order chi connectivity index (χ1) is 17.6. The van der Waals surface area contributed by atoms with Crippen molar-refractivity contribution in [1.82, 2.24) is 0 Å². The van der Waals surface area contributed by atoms with Crippen LogP contribution in [0.15, 0.2) is 18.2 Å². The van der Waals surface area contributed by atoms with Crippen molar-refractivity contribution in [3.05, 3.63) is 85.0 Å². The van der Waals surface area contributed by atoms with E-state index in [-0.39, 0.29) is 5.92 Å². The standard InChI is InChI=1S/C34H49N3/c1-10-22-16-28(35)25(13-4)19(7)31(22)34(32-20(8)26(14-5)29(36)17-23(32)11-2)33-21(9)27(15-6)30(37)18-24(33)12-3/h16-18,34H,10-15,35-37H2,1-9H3. The molecule has 0 aliphatic rings.